The van der Waals surface area contributed by atoms with Crippen molar-refractivity contribution in [3.05, 3.63) is 28.3 Å². The number of hydrogen-bond donors (Lipinski definition) is 2. The number of phenols is 1. The van der Waals surface area contributed by atoms with Crippen molar-refractivity contribution < 1.29 is 5.11 Å². The molecule has 0 aliphatic heterocycles. The van der Waals surface area contributed by atoms with Gasteiger partial charge in [-0.2, -0.15) is 0 Å². The molecule has 2 nitrogen and oxygen atoms in total. The number of benzene rings is 1. The Labute approximate surface area is 95.1 Å². The lowest BCUT2D eigenvalue weighted by Crippen LogP contribution is -2.20. The molecule has 1 saturated carbocycles. The summed E-state index contributed by atoms with van der Waals surface area (Å²) in [7, 11) is 0. The summed E-state index contributed by atoms with van der Waals surface area (Å²) >= 11 is 6.00. The first-order valence-electron chi connectivity index (χ1n) is 5.35. The van der Waals surface area contributed by atoms with E-state index in [1.807, 2.05) is 12.1 Å². The van der Waals surface area contributed by atoms with Gasteiger partial charge in [-0.25, -0.2) is 0 Å². The van der Waals surface area contributed by atoms with Gasteiger partial charge in [0.15, 0.2) is 0 Å². The highest BCUT2D eigenvalue weighted by molar-refractivity contribution is 6.32. The zero-order valence-corrected chi connectivity index (χ0v) is 9.64. The lowest BCUT2D eigenvalue weighted by Gasteiger charge is -2.16. The molecular formula is C12H16ClNO. The van der Waals surface area contributed by atoms with Gasteiger partial charge in [-0.3, -0.25) is 0 Å². The number of rotatable bonds is 3. The van der Waals surface area contributed by atoms with Crippen LogP contribution in [-0.2, 0) is 11.8 Å². The van der Waals surface area contributed by atoms with E-state index in [9.17, 15) is 5.11 Å². The summed E-state index contributed by atoms with van der Waals surface area (Å²) in [5, 5.41) is 10.4. The van der Waals surface area contributed by atoms with Crippen LogP contribution in [-0.4, -0.2) is 11.7 Å². The fraction of sp³-hybridized carbons (Fsp3) is 0.500. The highest BCUT2D eigenvalue weighted by Crippen LogP contribution is 2.51. The van der Waals surface area contributed by atoms with Crippen LogP contribution in [0, 0.1) is 0 Å². The first-order valence-corrected chi connectivity index (χ1v) is 5.72. The van der Waals surface area contributed by atoms with Gasteiger partial charge in [-0.05, 0) is 30.9 Å². The summed E-state index contributed by atoms with van der Waals surface area (Å²) in [6.07, 6.45) is 3.04. The van der Waals surface area contributed by atoms with Crippen molar-refractivity contribution in [3.63, 3.8) is 0 Å². The van der Waals surface area contributed by atoms with E-state index in [0.717, 1.165) is 30.4 Å². The van der Waals surface area contributed by atoms with E-state index in [0.29, 0.717) is 11.6 Å². The lowest BCUT2D eigenvalue weighted by molar-refractivity contribution is 0.459. The summed E-state index contributed by atoms with van der Waals surface area (Å²) in [6.45, 7) is 2.67. The van der Waals surface area contributed by atoms with Crippen molar-refractivity contribution in [2.45, 2.75) is 31.6 Å². The Bertz CT molecular complexity index is 385. The molecule has 0 saturated heterocycles. The maximum atomic E-state index is 9.94. The van der Waals surface area contributed by atoms with Crippen LogP contribution in [0.5, 0.6) is 5.75 Å². The third kappa shape index (κ3) is 1.72. The van der Waals surface area contributed by atoms with E-state index in [1.165, 1.54) is 0 Å². The second kappa shape index (κ2) is 3.69. The van der Waals surface area contributed by atoms with Gasteiger partial charge < -0.3 is 10.8 Å². The van der Waals surface area contributed by atoms with Crippen LogP contribution in [0.15, 0.2) is 12.1 Å². The van der Waals surface area contributed by atoms with Crippen LogP contribution in [0.1, 0.15) is 30.9 Å². The molecule has 1 aliphatic rings. The van der Waals surface area contributed by atoms with Crippen LogP contribution in [0.25, 0.3) is 0 Å². The minimum absolute atomic E-state index is 0.00109. The minimum atomic E-state index is -0.00109. The van der Waals surface area contributed by atoms with Gasteiger partial charge in [0.1, 0.15) is 5.75 Å². The highest BCUT2D eigenvalue weighted by Gasteiger charge is 2.45. The summed E-state index contributed by atoms with van der Waals surface area (Å²) in [4.78, 5) is 0. The zero-order valence-electron chi connectivity index (χ0n) is 8.89. The molecule has 0 heterocycles. The average molecular weight is 226 g/mol. The predicted octanol–water partition coefficient (Wildman–Crippen LogP) is 2.60. The molecule has 3 N–H and O–H groups in total. The third-order valence-corrected chi connectivity index (χ3v) is 3.64. The monoisotopic (exact) mass is 225 g/mol. The highest BCUT2D eigenvalue weighted by atomic mass is 35.5. The quantitative estimate of drug-likeness (QED) is 0.831. The Balaban J connectivity index is 2.50. The zero-order chi connectivity index (χ0) is 11.1. The lowest BCUT2D eigenvalue weighted by atomic mass is 9.93. The Morgan fingerprint density at radius 2 is 2.13 bits per heavy atom. The van der Waals surface area contributed by atoms with Gasteiger partial charge in [0.2, 0.25) is 0 Å². The van der Waals surface area contributed by atoms with E-state index < -0.39 is 0 Å². The maximum absolute atomic E-state index is 9.94. The molecule has 1 aliphatic carbocycles. The molecule has 0 radical (unpaired) electrons. The van der Waals surface area contributed by atoms with Crippen LogP contribution in [0.2, 0.25) is 5.02 Å². The minimum Gasteiger partial charge on any atom is -0.506 e. The Morgan fingerprint density at radius 1 is 1.47 bits per heavy atom. The first kappa shape index (κ1) is 10.8. The third-order valence-electron chi connectivity index (χ3n) is 3.35. The van der Waals surface area contributed by atoms with Crippen LogP contribution in [0.4, 0.5) is 0 Å². The molecule has 82 valence electrons. The average Bonchev–Trinajstić information content (AvgIpc) is 3.02. The predicted molar refractivity (Wildman–Crippen MR) is 62.5 cm³/mol. The van der Waals surface area contributed by atoms with Gasteiger partial charge in [0, 0.05) is 17.5 Å². The molecule has 0 bridgehead atoms. The van der Waals surface area contributed by atoms with E-state index in [4.69, 9.17) is 17.3 Å². The summed E-state index contributed by atoms with van der Waals surface area (Å²) in [5.74, 6) is 0.219. The fourth-order valence-corrected chi connectivity index (χ4v) is 2.24. The molecule has 1 fully saturated rings. The normalized spacial score (nSPS) is 17.8. The fourth-order valence-electron chi connectivity index (χ4n) is 2.00. The molecule has 1 aromatic carbocycles. The molecule has 0 amide bonds. The molecule has 0 aromatic heterocycles. The van der Waals surface area contributed by atoms with Gasteiger partial charge in [-0.15, -0.1) is 0 Å². The standard InChI is InChI=1S/C12H16ClNO/c1-2-8-5-9(11(15)10(13)6-8)12(7-14)3-4-12/h5-6,15H,2-4,7,14H2,1H3. The Kier molecular flexibility index (Phi) is 2.65. The van der Waals surface area contributed by atoms with E-state index in [1.54, 1.807) is 0 Å². The summed E-state index contributed by atoms with van der Waals surface area (Å²) in [5.41, 5.74) is 7.85. The van der Waals surface area contributed by atoms with Gasteiger partial charge in [0.05, 0.1) is 5.02 Å². The van der Waals surface area contributed by atoms with Crippen molar-refractivity contribution in [2.75, 3.05) is 6.54 Å². The van der Waals surface area contributed by atoms with E-state index >= 15 is 0 Å². The van der Waals surface area contributed by atoms with E-state index in [2.05, 4.69) is 6.92 Å². The number of halogens is 1. The largest absolute Gasteiger partial charge is 0.506 e. The smallest absolute Gasteiger partial charge is 0.137 e. The van der Waals surface area contributed by atoms with Gasteiger partial charge in [0.25, 0.3) is 0 Å². The molecule has 0 unspecified atom stereocenters. The number of hydrogen-bond acceptors (Lipinski definition) is 2. The van der Waals surface area contributed by atoms with Crippen molar-refractivity contribution in [3.8, 4) is 5.75 Å². The van der Waals surface area contributed by atoms with Crippen molar-refractivity contribution in [1.29, 1.82) is 0 Å². The topological polar surface area (TPSA) is 46.2 Å². The molecule has 15 heavy (non-hydrogen) atoms. The second-order valence-corrected chi connectivity index (χ2v) is 4.72. The Morgan fingerprint density at radius 3 is 2.60 bits per heavy atom. The van der Waals surface area contributed by atoms with Crippen molar-refractivity contribution in [1.82, 2.24) is 0 Å². The number of aromatic hydroxyl groups is 1. The molecule has 1 aromatic rings. The summed E-state index contributed by atoms with van der Waals surface area (Å²) in [6, 6.07) is 3.87. The molecule has 0 spiro atoms. The van der Waals surface area contributed by atoms with Gasteiger partial charge >= 0.3 is 0 Å². The SMILES string of the molecule is CCc1cc(Cl)c(O)c(C2(CN)CC2)c1. The van der Waals surface area contributed by atoms with Crippen molar-refractivity contribution in [2.24, 2.45) is 5.73 Å². The second-order valence-electron chi connectivity index (χ2n) is 4.31. The van der Waals surface area contributed by atoms with Gasteiger partial charge in [-0.1, -0.05) is 24.6 Å². The number of phenolic OH excluding ortho intramolecular Hbond substituents is 1. The summed E-state index contributed by atoms with van der Waals surface area (Å²) < 4.78 is 0. The van der Waals surface area contributed by atoms with Crippen LogP contribution >= 0.6 is 11.6 Å². The van der Waals surface area contributed by atoms with Crippen LogP contribution in [0.3, 0.4) is 0 Å². The first-order chi connectivity index (χ1) is 7.13. The van der Waals surface area contributed by atoms with Crippen molar-refractivity contribution >= 4 is 11.6 Å². The Hall–Kier alpha value is -0.730. The number of aryl methyl sites for hydroxylation is 1. The molecule has 3 heteroatoms. The van der Waals surface area contributed by atoms with Crippen LogP contribution < -0.4 is 5.73 Å². The van der Waals surface area contributed by atoms with E-state index in [-0.39, 0.29) is 11.2 Å². The molecule has 2 rings (SSSR count). The maximum Gasteiger partial charge on any atom is 0.137 e. The molecular weight excluding hydrogens is 210 g/mol. The molecule has 0 atom stereocenters. The number of nitrogens with two attached hydrogens (primary N) is 1.